The minimum Gasteiger partial charge on any atom is -0.346 e. The number of hydrogen-bond donors (Lipinski definition) is 1. The van der Waals surface area contributed by atoms with E-state index in [2.05, 4.69) is 31.1 Å². The monoisotopic (exact) mass is 455 g/mol. The maximum Gasteiger partial charge on any atom is 0.251 e. The van der Waals surface area contributed by atoms with Crippen LogP contribution in [-0.2, 0) is 22.0 Å². The number of rotatable bonds is 5. The molecule has 9 heteroatoms. The average Bonchev–Trinajstić information content (AvgIpc) is 3.16. The van der Waals surface area contributed by atoms with Gasteiger partial charge in [-0.2, -0.15) is 4.31 Å². The van der Waals surface area contributed by atoms with Crippen LogP contribution >= 0.6 is 22.9 Å². The zero-order valence-corrected chi connectivity index (χ0v) is 19.3. The van der Waals surface area contributed by atoms with Crippen LogP contribution < -0.4 is 5.32 Å². The number of sulfonamides is 1. The molecule has 1 aromatic carbocycles. The first-order valence-corrected chi connectivity index (χ1v) is 12.3. The summed E-state index contributed by atoms with van der Waals surface area (Å²) in [6.07, 6.45) is 2.69. The Balaban J connectivity index is 1.75. The number of piperidine rings is 1. The minimum atomic E-state index is -3.72. The van der Waals surface area contributed by atoms with Gasteiger partial charge in [-0.25, -0.2) is 13.4 Å². The fraction of sp³-hybridized carbons (Fsp3) is 0.500. The highest BCUT2D eigenvalue weighted by Crippen LogP contribution is 2.28. The van der Waals surface area contributed by atoms with Crippen molar-refractivity contribution >= 4 is 38.9 Å². The molecule has 29 heavy (non-hydrogen) atoms. The van der Waals surface area contributed by atoms with Gasteiger partial charge in [0.05, 0.1) is 17.3 Å². The largest absolute Gasteiger partial charge is 0.346 e. The molecule has 0 aliphatic carbocycles. The topological polar surface area (TPSA) is 79.4 Å². The van der Waals surface area contributed by atoms with E-state index in [9.17, 15) is 13.2 Å². The maximum absolute atomic E-state index is 13.0. The second-order valence-electron chi connectivity index (χ2n) is 8.17. The standard InChI is InChI=1S/C20H26ClN3O3S2/c1-20(2,3)17-13-28-18(23-17)12-22-19(25)14-7-8-15(21)16(11-14)29(26,27)24-9-5-4-6-10-24/h7-8,11,13H,4-6,9-10,12H2,1-3H3,(H,22,25). The minimum absolute atomic E-state index is 0.0158. The van der Waals surface area contributed by atoms with E-state index in [-0.39, 0.29) is 33.3 Å². The number of nitrogens with one attached hydrogen (secondary N) is 1. The van der Waals surface area contributed by atoms with Gasteiger partial charge in [0.2, 0.25) is 10.0 Å². The van der Waals surface area contributed by atoms with Gasteiger partial charge in [-0.05, 0) is 31.0 Å². The van der Waals surface area contributed by atoms with E-state index >= 15 is 0 Å². The lowest BCUT2D eigenvalue weighted by Gasteiger charge is -2.26. The van der Waals surface area contributed by atoms with Crippen molar-refractivity contribution in [3.8, 4) is 0 Å². The number of benzene rings is 1. The van der Waals surface area contributed by atoms with Gasteiger partial charge in [0, 0.05) is 29.4 Å². The lowest BCUT2D eigenvalue weighted by Crippen LogP contribution is -2.36. The summed E-state index contributed by atoms with van der Waals surface area (Å²) in [5.41, 5.74) is 1.19. The molecule has 0 saturated carbocycles. The van der Waals surface area contributed by atoms with E-state index in [1.165, 1.54) is 33.8 Å². The van der Waals surface area contributed by atoms with E-state index in [0.29, 0.717) is 13.1 Å². The lowest BCUT2D eigenvalue weighted by atomic mass is 9.93. The first-order valence-electron chi connectivity index (χ1n) is 9.62. The summed E-state index contributed by atoms with van der Waals surface area (Å²) in [6, 6.07) is 4.37. The van der Waals surface area contributed by atoms with E-state index in [0.717, 1.165) is 30.0 Å². The molecule has 1 fully saturated rings. The summed E-state index contributed by atoms with van der Waals surface area (Å²) in [4.78, 5) is 17.1. The molecule has 6 nitrogen and oxygen atoms in total. The Morgan fingerprint density at radius 2 is 1.93 bits per heavy atom. The Morgan fingerprint density at radius 3 is 2.55 bits per heavy atom. The molecule has 3 rings (SSSR count). The van der Waals surface area contributed by atoms with Crippen molar-refractivity contribution in [1.82, 2.24) is 14.6 Å². The third-order valence-corrected chi connectivity index (χ3v) is 8.08. The Bertz CT molecular complexity index is 991. The van der Waals surface area contributed by atoms with E-state index in [1.807, 2.05) is 5.38 Å². The molecular weight excluding hydrogens is 430 g/mol. The van der Waals surface area contributed by atoms with Crippen LogP contribution in [0.1, 0.15) is 61.1 Å². The fourth-order valence-corrected chi connectivity index (χ4v) is 6.06. The number of nitrogens with zero attached hydrogens (tertiary/aromatic N) is 2. The molecule has 0 bridgehead atoms. The molecule has 1 aliphatic heterocycles. The molecule has 2 heterocycles. The highest BCUT2D eigenvalue weighted by Gasteiger charge is 2.28. The molecule has 1 aromatic heterocycles. The van der Waals surface area contributed by atoms with Crippen molar-refractivity contribution in [2.75, 3.05) is 13.1 Å². The highest BCUT2D eigenvalue weighted by molar-refractivity contribution is 7.89. The number of carbonyl (C=O) groups excluding carboxylic acids is 1. The molecule has 2 aromatic rings. The number of amides is 1. The molecule has 0 unspecified atom stereocenters. The van der Waals surface area contributed by atoms with Crippen LogP contribution in [0.15, 0.2) is 28.5 Å². The summed E-state index contributed by atoms with van der Waals surface area (Å²) < 4.78 is 27.4. The summed E-state index contributed by atoms with van der Waals surface area (Å²) >= 11 is 7.67. The third-order valence-electron chi connectivity index (χ3n) is 4.85. The van der Waals surface area contributed by atoms with Crippen LogP contribution in [0.3, 0.4) is 0 Å². The number of halogens is 1. The highest BCUT2D eigenvalue weighted by atomic mass is 35.5. The van der Waals surface area contributed by atoms with Gasteiger partial charge in [-0.1, -0.05) is 38.8 Å². The van der Waals surface area contributed by atoms with Crippen molar-refractivity contribution in [2.24, 2.45) is 0 Å². The van der Waals surface area contributed by atoms with E-state index in [4.69, 9.17) is 11.6 Å². The third kappa shape index (κ3) is 5.17. The zero-order chi connectivity index (χ0) is 21.2. The van der Waals surface area contributed by atoms with Gasteiger partial charge in [-0.15, -0.1) is 11.3 Å². The van der Waals surface area contributed by atoms with Gasteiger partial charge in [0.1, 0.15) is 9.90 Å². The zero-order valence-electron chi connectivity index (χ0n) is 16.9. The van der Waals surface area contributed by atoms with Crippen molar-refractivity contribution in [3.05, 3.63) is 44.9 Å². The van der Waals surface area contributed by atoms with Crippen molar-refractivity contribution < 1.29 is 13.2 Å². The molecule has 1 aliphatic rings. The number of carbonyl (C=O) groups is 1. The smallest absolute Gasteiger partial charge is 0.251 e. The van der Waals surface area contributed by atoms with Crippen molar-refractivity contribution in [3.63, 3.8) is 0 Å². The number of aromatic nitrogens is 1. The van der Waals surface area contributed by atoms with Crippen LogP contribution in [-0.4, -0.2) is 36.7 Å². The van der Waals surface area contributed by atoms with E-state index < -0.39 is 10.0 Å². The van der Waals surface area contributed by atoms with Crippen molar-refractivity contribution in [1.29, 1.82) is 0 Å². The van der Waals surface area contributed by atoms with Gasteiger partial charge in [0.25, 0.3) is 5.91 Å². The lowest BCUT2D eigenvalue weighted by molar-refractivity contribution is 0.0950. The van der Waals surface area contributed by atoms with E-state index in [1.54, 1.807) is 0 Å². The summed E-state index contributed by atoms with van der Waals surface area (Å²) in [5.74, 6) is -0.357. The molecular formula is C20H26ClN3O3S2. The van der Waals surface area contributed by atoms with Crippen LogP contribution in [0.25, 0.3) is 0 Å². The Hall–Kier alpha value is -1.48. The molecule has 1 saturated heterocycles. The summed E-state index contributed by atoms with van der Waals surface area (Å²) in [5, 5.41) is 5.74. The fourth-order valence-electron chi connectivity index (χ4n) is 3.08. The Morgan fingerprint density at radius 1 is 1.24 bits per heavy atom. The molecule has 158 valence electrons. The molecule has 0 atom stereocenters. The molecule has 1 amide bonds. The Kier molecular flexibility index (Phi) is 6.67. The number of hydrogen-bond acceptors (Lipinski definition) is 5. The maximum atomic E-state index is 13.0. The molecule has 1 N–H and O–H groups in total. The first-order chi connectivity index (χ1) is 13.6. The SMILES string of the molecule is CC(C)(C)c1csc(CNC(=O)c2ccc(Cl)c(S(=O)(=O)N3CCCCC3)c2)n1. The van der Waals surface area contributed by atoms with Gasteiger partial charge < -0.3 is 5.32 Å². The second kappa shape index (κ2) is 8.71. The van der Waals surface area contributed by atoms with Gasteiger partial charge in [0.15, 0.2) is 0 Å². The summed E-state index contributed by atoms with van der Waals surface area (Å²) in [6.45, 7) is 7.51. The second-order valence-corrected chi connectivity index (χ2v) is 11.4. The quantitative estimate of drug-likeness (QED) is 0.732. The van der Waals surface area contributed by atoms with Crippen LogP contribution in [0.4, 0.5) is 0 Å². The average molecular weight is 456 g/mol. The molecule has 0 radical (unpaired) electrons. The predicted octanol–water partition coefficient (Wildman–Crippen LogP) is 4.20. The van der Waals surface area contributed by atoms with Crippen molar-refractivity contribution in [2.45, 2.75) is 56.9 Å². The van der Waals surface area contributed by atoms with Crippen LogP contribution in [0, 0.1) is 0 Å². The normalized spacial score (nSPS) is 16.0. The predicted molar refractivity (Wildman–Crippen MR) is 116 cm³/mol. The first kappa shape index (κ1) is 22.2. The van der Waals surface area contributed by atoms with Gasteiger partial charge >= 0.3 is 0 Å². The molecule has 0 spiro atoms. The van der Waals surface area contributed by atoms with Gasteiger partial charge in [-0.3, -0.25) is 4.79 Å². The number of thiazole rings is 1. The van der Waals surface area contributed by atoms with Crippen LogP contribution in [0.2, 0.25) is 5.02 Å². The Labute approximate surface area is 181 Å². The van der Waals surface area contributed by atoms with Crippen LogP contribution in [0.5, 0.6) is 0 Å². The summed E-state index contributed by atoms with van der Waals surface area (Å²) in [7, 11) is -3.72.